The van der Waals surface area contributed by atoms with Crippen molar-refractivity contribution in [1.29, 1.82) is 0 Å². The zero-order chi connectivity index (χ0) is 14.5. The number of rotatable bonds is 5. The van der Waals surface area contributed by atoms with Gasteiger partial charge in [0.25, 0.3) is 0 Å². The average Bonchev–Trinajstić information content (AvgIpc) is 2.42. The van der Waals surface area contributed by atoms with Gasteiger partial charge in [-0.15, -0.1) is 0 Å². The Morgan fingerprint density at radius 1 is 1.05 bits per heavy atom. The molecular weight excluding hydrogens is 317 g/mol. The first-order valence-electron chi connectivity index (χ1n) is 6.23. The Morgan fingerprint density at radius 3 is 2.55 bits per heavy atom. The molecular formula is C15H14Cl3NO. The fourth-order valence-electron chi connectivity index (χ4n) is 1.73. The first kappa shape index (κ1) is 15.5. The Kier molecular flexibility index (Phi) is 5.55. The van der Waals surface area contributed by atoms with E-state index in [-0.39, 0.29) is 0 Å². The molecule has 0 aliphatic rings. The van der Waals surface area contributed by atoms with Gasteiger partial charge in [-0.25, -0.2) is 0 Å². The van der Waals surface area contributed by atoms with E-state index in [4.69, 9.17) is 39.5 Å². The molecule has 0 amide bonds. The van der Waals surface area contributed by atoms with Crippen LogP contribution >= 0.6 is 34.8 Å². The Balaban J connectivity index is 2.32. The molecule has 0 saturated carbocycles. The second-order valence-corrected chi connectivity index (χ2v) is 5.44. The van der Waals surface area contributed by atoms with Gasteiger partial charge < -0.3 is 10.1 Å². The predicted molar refractivity (Wildman–Crippen MR) is 85.4 cm³/mol. The molecule has 0 bridgehead atoms. The normalized spacial score (nSPS) is 10.6. The number of benzene rings is 2. The van der Waals surface area contributed by atoms with Crippen LogP contribution in [-0.4, -0.2) is 6.54 Å². The zero-order valence-electron chi connectivity index (χ0n) is 10.9. The van der Waals surface area contributed by atoms with Gasteiger partial charge in [0.1, 0.15) is 5.75 Å². The maximum Gasteiger partial charge on any atom is 0.150 e. The van der Waals surface area contributed by atoms with E-state index in [1.165, 1.54) is 0 Å². The van der Waals surface area contributed by atoms with Crippen LogP contribution in [0.15, 0.2) is 36.4 Å². The Morgan fingerprint density at radius 2 is 1.85 bits per heavy atom. The predicted octanol–water partition coefficient (Wildman–Crippen LogP) is 5.55. The molecule has 0 aromatic heterocycles. The second kappa shape index (κ2) is 7.19. The number of hydrogen-bond donors (Lipinski definition) is 1. The molecule has 2 rings (SSSR count). The third-order valence-corrected chi connectivity index (χ3v) is 3.55. The van der Waals surface area contributed by atoms with Crippen LogP contribution in [0.4, 0.5) is 0 Å². The van der Waals surface area contributed by atoms with Gasteiger partial charge in [0.15, 0.2) is 5.75 Å². The van der Waals surface area contributed by atoms with Crippen molar-refractivity contribution in [3.63, 3.8) is 0 Å². The van der Waals surface area contributed by atoms with Gasteiger partial charge in [0, 0.05) is 17.1 Å². The van der Waals surface area contributed by atoms with Crippen LogP contribution in [-0.2, 0) is 6.54 Å². The van der Waals surface area contributed by atoms with Gasteiger partial charge in [-0.05, 0) is 30.8 Å². The molecule has 0 aliphatic heterocycles. The summed E-state index contributed by atoms with van der Waals surface area (Å²) in [5.41, 5.74) is 0.977. The highest BCUT2D eigenvalue weighted by atomic mass is 35.5. The van der Waals surface area contributed by atoms with Crippen molar-refractivity contribution >= 4 is 34.8 Å². The third-order valence-electron chi connectivity index (χ3n) is 2.72. The number of hydrogen-bond acceptors (Lipinski definition) is 2. The quantitative estimate of drug-likeness (QED) is 0.776. The van der Waals surface area contributed by atoms with Crippen LogP contribution in [0.3, 0.4) is 0 Å². The highest BCUT2D eigenvalue weighted by molar-refractivity contribution is 6.35. The summed E-state index contributed by atoms with van der Waals surface area (Å²) in [7, 11) is 0. The van der Waals surface area contributed by atoms with Crippen molar-refractivity contribution in [2.24, 2.45) is 0 Å². The minimum Gasteiger partial charge on any atom is -0.454 e. The van der Waals surface area contributed by atoms with Crippen molar-refractivity contribution in [3.8, 4) is 11.5 Å². The molecule has 0 spiro atoms. The van der Waals surface area contributed by atoms with E-state index >= 15 is 0 Å². The van der Waals surface area contributed by atoms with Crippen molar-refractivity contribution < 1.29 is 4.74 Å². The summed E-state index contributed by atoms with van der Waals surface area (Å²) in [5.74, 6) is 1.14. The van der Waals surface area contributed by atoms with Crippen LogP contribution in [0.2, 0.25) is 15.1 Å². The molecule has 0 radical (unpaired) electrons. The third kappa shape index (κ3) is 3.80. The maximum absolute atomic E-state index is 6.22. The Hall–Kier alpha value is -0.930. The molecule has 0 aliphatic carbocycles. The van der Waals surface area contributed by atoms with E-state index in [9.17, 15) is 0 Å². The summed E-state index contributed by atoms with van der Waals surface area (Å²) in [6.07, 6.45) is 0. The number of para-hydroxylation sites is 1. The lowest BCUT2D eigenvalue weighted by Crippen LogP contribution is -2.12. The standard InChI is InChI=1S/C15H14Cl3NO/c1-2-19-9-10-4-3-5-12(17)15(10)20-14-7-6-11(16)8-13(14)18/h3-8,19H,2,9H2,1H3. The van der Waals surface area contributed by atoms with Crippen LogP contribution in [0.25, 0.3) is 0 Å². The molecule has 0 heterocycles. The SMILES string of the molecule is CCNCc1cccc(Cl)c1Oc1ccc(Cl)cc1Cl. The summed E-state index contributed by atoms with van der Waals surface area (Å²) >= 11 is 18.2. The van der Waals surface area contributed by atoms with Crippen molar-refractivity contribution in [1.82, 2.24) is 5.32 Å². The first-order valence-corrected chi connectivity index (χ1v) is 7.36. The summed E-state index contributed by atoms with van der Waals surface area (Å²) in [5, 5.41) is 4.81. The van der Waals surface area contributed by atoms with Gasteiger partial charge in [-0.2, -0.15) is 0 Å². The molecule has 2 aromatic rings. The number of nitrogens with one attached hydrogen (secondary N) is 1. The fraction of sp³-hybridized carbons (Fsp3) is 0.200. The van der Waals surface area contributed by atoms with E-state index in [2.05, 4.69) is 5.32 Å². The smallest absolute Gasteiger partial charge is 0.150 e. The van der Waals surface area contributed by atoms with E-state index in [0.717, 1.165) is 12.1 Å². The highest BCUT2D eigenvalue weighted by Gasteiger charge is 2.11. The van der Waals surface area contributed by atoms with Crippen LogP contribution in [0.5, 0.6) is 11.5 Å². The van der Waals surface area contributed by atoms with Crippen LogP contribution < -0.4 is 10.1 Å². The minimum absolute atomic E-state index is 0.451. The fourth-order valence-corrected chi connectivity index (χ4v) is 2.41. The van der Waals surface area contributed by atoms with Gasteiger partial charge in [0.2, 0.25) is 0 Å². The summed E-state index contributed by atoms with van der Waals surface area (Å²) in [6, 6.07) is 10.7. The number of ether oxygens (including phenoxy) is 1. The molecule has 20 heavy (non-hydrogen) atoms. The summed E-state index contributed by atoms with van der Waals surface area (Å²) < 4.78 is 5.86. The van der Waals surface area contributed by atoms with Crippen LogP contribution in [0, 0.1) is 0 Å². The molecule has 2 nitrogen and oxygen atoms in total. The van der Waals surface area contributed by atoms with Gasteiger partial charge in [0.05, 0.1) is 10.0 Å². The Labute approximate surface area is 133 Å². The molecule has 0 saturated heterocycles. The van der Waals surface area contributed by atoms with Crippen LogP contribution in [0.1, 0.15) is 12.5 Å². The topological polar surface area (TPSA) is 21.3 Å². The number of halogens is 3. The lowest BCUT2D eigenvalue weighted by atomic mass is 10.2. The zero-order valence-corrected chi connectivity index (χ0v) is 13.2. The Bertz CT molecular complexity index is 602. The molecule has 0 atom stereocenters. The van der Waals surface area contributed by atoms with E-state index in [1.807, 2.05) is 19.1 Å². The van der Waals surface area contributed by atoms with Gasteiger partial charge in [-0.1, -0.05) is 53.9 Å². The second-order valence-electron chi connectivity index (χ2n) is 4.19. The maximum atomic E-state index is 6.22. The summed E-state index contributed by atoms with van der Waals surface area (Å²) in [6.45, 7) is 3.59. The van der Waals surface area contributed by atoms with Crippen molar-refractivity contribution in [2.45, 2.75) is 13.5 Å². The molecule has 106 valence electrons. The lowest BCUT2D eigenvalue weighted by Gasteiger charge is -2.14. The first-order chi connectivity index (χ1) is 9.61. The van der Waals surface area contributed by atoms with Crippen molar-refractivity contribution in [2.75, 3.05) is 6.54 Å². The molecule has 1 N–H and O–H groups in total. The summed E-state index contributed by atoms with van der Waals surface area (Å²) in [4.78, 5) is 0. The lowest BCUT2D eigenvalue weighted by molar-refractivity contribution is 0.474. The van der Waals surface area contributed by atoms with Crippen molar-refractivity contribution in [3.05, 3.63) is 57.0 Å². The average molecular weight is 331 g/mol. The molecule has 2 aromatic carbocycles. The van der Waals surface area contributed by atoms with E-state index in [1.54, 1.807) is 24.3 Å². The molecule has 5 heteroatoms. The van der Waals surface area contributed by atoms with Gasteiger partial charge >= 0.3 is 0 Å². The van der Waals surface area contributed by atoms with Gasteiger partial charge in [-0.3, -0.25) is 0 Å². The molecule has 0 unspecified atom stereocenters. The van der Waals surface area contributed by atoms with E-state index in [0.29, 0.717) is 33.1 Å². The minimum atomic E-state index is 0.451. The largest absolute Gasteiger partial charge is 0.454 e. The monoisotopic (exact) mass is 329 g/mol. The highest BCUT2D eigenvalue weighted by Crippen LogP contribution is 2.37. The molecule has 0 fully saturated rings. The van der Waals surface area contributed by atoms with E-state index < -0.39 is 0 Å².